The average molecular weight is 281 g/mol. The fraction of sp³-hybridized carbons (Fsp3) is 0.455. The first kappa shape index (κ1) is 13.6. The molecule has 0 unspecified atom stereocenters. The van der Waals surface area contributed by atoms with E-state index >= 15 is 0 Å². The van der Waals surface area contributed by atoms with Crippen molar-refractivity contribution in [1.29, 1.82) is 0 Å². The topological polar surface area (TPSA) is 107 Å². The van der Waals surface area contributed by atoms with E-state index in [-0.39, 0.29) is 5.69 Å². The lowest BCUT2D eigenvalue weighted by Crippen LogP contribution is -2.14. The Hall–Kier alpha value is -1.80. The van der Waals surface area contributed by atoms with Gasteiger partial charge in [0.15, 0.2) is 5.69 Å². The lowest BCUT2D eigenvalue weighted by molar-refractivity contribution is 0.0689. The van der Waals surface area contributed by atoms with Gasteiger partial charge in [-0.3, -0.25) is 0 Å². The summed E-state index contributed by atoms with van der Waals surface area (Å²) in [6, 6.07) is 0. The highest BCUT2D eigenvalue weighted by Gasteiger charge is 2.19. The SMILES string of the molecule is Cc1nc(Cn2nnc(C(=O)O)c2CCN)sc1C. The molecule has 2 aromatic rings. The van der Waals surface area contributed by atoms with Gasteiger partial charge in [0.2, 0.25) is 0 Å². The zero-order valence-electron chi connectivity index (χ0n) is 10.8. The van der Waals surface area contributed by atoms with Crippen molar-refractivity contribution in [2.24, 2.45) is 5.73 Å². The standard InChI is InChI=1S/C11H15N5O2S/c1-6-7(2)19-9(13-6)5-16-8(3-4-12)10(11(17)18)14-15-16/h3-5,12H2,1-2H3,(H,17,18). The second kappa shape index (κ2) is 5.45. The predicted molar refractivity (Wildman–Crippen MR) is 70.4 cm³/mol. The van der Waals surface area contributed by atoms with Crippen LogP contribution in [-0.2, 0) is 13.0 Å². The maximum Gasteiger partial charge on any atom is 0.358 e. The molecule has 2 heterocycles. The number of aryl methyl sites for hydroxylation is 2. The zero-order chi connectivity index (χ0) is 14.0. The van der Waals surface area contributed by atoms with Crippen molar-refractivity contribution in [3.8, 4) is 0 Å². The van der Waals surface area contributed by atoms with Gasteiger partial charge in [-0.05, 0) is 20.4 Å². The lowest BCUT2D eigenvalue weighted by atomic mass is 10.2. The molecule has 0 spiro atoms. The van der Waals surface area contributed by atoms with Crippen molar-refractivity contribution in [2.45, 2.75) is 26.8 Å². The Labute approximate surface area is 114 Å². The maximum atomic E-state index is 11.1. The van der Waals surface area contributed by atoms with Crippen LogP contribution in [0.1, 0.15) is 31.8 Å². The molecule has 0 aliphatic rings. The summed E-state index contributed by atoms with van der Waals surface area (Å²) in [6.45, 7) is 4.72. The van der Waals surface area contributed by atoms with Gasteiger partial charge < -0.3 is 10.8 Å². The molecule has 2 rings (SSSR count). The van der Waals surface area contributed by atoms with Gasteiger partial charge in [-0.1, -0.05) is 5.21 Å². The van der Waals surface area contributed by atoms with Crippen LogP contribution in [0.5, 0.6) is 0 Å². The summed E-state index contributed by atoms with van der Waals surface area (Å²) in [7, 11) is 0. The highest BCUT2D eigenvalue weighted by molar-refractivity contribution is 7.11. The van der Waals surface area contributed by atoms with E-state index in [2.05, 4.69) is 15.3 Å². The first-order valence-electron chi connectivity index (χ1n) is 5.81. The van der Waals surface area contributed by atoms with E-state index in [1.54, 1.807) is 16.0 Å². The molecule has 0 saturated heterocycles. The van der Waals surface area contributed by atoms with Crippen LogP contribution in [0.15, 0.2) is 0 Å². The molecule has 102 valence electrons. The molecule has 3 N–H and O–H groups in total. The summed E-state index contributed by atoms with van der Waals surface area (Å²) in [6.07, 6.45) is 0.429. The van der Waals surface area contributed by atoms with Crippen LogP contribution < -0.4 is 5.73 Å². The molecule has 0 saturated carbocycles. The van der Waals surface area contributed by atoms with Crippen molar-refractivity contribution in [3.05, 3.63) is 27.0 Å². The molecule has 7 nitrogen and oxygen atoms in total. The molecule has 0 aliphatic carbocycles. The molecule has 2 aromatic heterocycles. The highest BCUT2D eigenvalue weighted by Crippen LogP contribution is 2.18. The number of carboxylic acid groups (broad SMARTS) is 1. The number of carbonyl (C=O) groups is 1. The number of nitrogens with zero attached hydrogens (tertiary/aromatic N) is 4. The summed E-state index contributed by atoms with van der Waals surface area (Å²) in [5.74, 6) is -1.08. The quantitative estimate of drug-likeness (QED) is 0.831. The number of nitrogens with two attached hydrogens (primary N) is 1. The Morgan fingerprint density at radius 3 is 2.74 bits per heavy atom. The molecule has 0 aromatic carbocycles. The van der Waals surface area contributed by atoms with Gasteiger partial charge >= 0.3 is 5.97 Å². The Morgan fingerprint density at radius 1 is 1.47 bits per heavy atom. The third kappa shape index (κ3) is 2.79. The molecule has 19 heavy (non-hydrogen) atoms. The minimum absolute atomic E-state index is 0.0320. The first-order chi connectivity index (χ1) is 9.02. The normalized spacial score (nSPS) is 10.9. The van der Waals surface area contributed by atoms with Crippen LogP contribution in [0.25, 0.3) is 0 Å². The number of hydrogen-bond donors (Lipinski definition) is 2. The summed E-state index contributed by atoms with van der Waals surface area (Å²) >= 11 is 1.58. The van der Waals surface area contributed by atoms with Crippen LogP contribution in [0.2, 0.25) is 0 Å². The van der Waals surface area contributed by atoms with E-state index < -0.39 is 5.97 Å². The summed E-state index contributed by atoms with van der Waals surface area (Å²) in [5, 5.41) is 17.5. The Bertz CT molecular complexity index is 585. The Morgan fingerprint density at radius 2 is 2.21 bits per heavy atom. The fourth-order valence-corrected chi connectivity index (χ4v) is 2.66. The van der Waals surface area contributed by atoms with Crippen molar-refractivity contribution in [2.75, 3.05) is 6.54 Å². The minimum Gasteiger partial charge on any atom is -0.476 e. The highest BCUT2D eigenvalue weighted by atomic mass is 32.1. The molecule has 0 amide bonds. The van der Waals surface area contributed by atoms with Crippen molar-refractivity contribution in [1.82, 2.24) is 20.0 Å². The van der Waals surface area contributed by atoms with E-state index in [4.69, 9.17) is 10.8 Å². The summed E-state index contributed by atoms with van der Waals surface area (Å²) < 4.78 is 1.56. The van der Waals surface area contributed by atoms with Crippen molar-refractivity contribution < 1.29 is 9.90 Å². The van der Waals surface area contributed by atoms with Crippen molar-refractivity contribution in [3.63, 3.8) is 0 Å². The van der Waals surface area contributed by atoms with Crippen LogP contribution in [-0.4, -0.2) is 37.6 Å². The van der Waals surface area contributed by atoms with E-state index in [1.165, 1.54) is 0 Å². The lowest BCUT2D eigenvalue weighted by Gasteiger charge is -2.03. The van der Waals surface area contributed by atoms with E-state index in [1.807, 2.05) is 13.8 Å². The van der Waals surface area contributed by atoms with Crippen LogP contribution in [0.4, 0.5) is 0 Å². The number of aromatic nitrogens is 4. The number of carboxylic acids is 1. The third-order valence-corrected chi connectivity index (χ3v) is 3.84. The number of thiazole rings is 1. The van der Waals surface area contributed by atoms with Gasteiger partial charge in [-0.2, -0.15) is 0 Å². The second-order valence-corrected chi connectivity index (χ2v) is 5.42. The van der Waals surface area contributed by atoms with Gasteiger partial charge in [-0.15, -0.1) is 16.4 Å². The summed E-state index contributed by atoms with van der Waals surface area (Å²) in [5.41, 5.74) is 7.00. The van der Waals surface area contributed by atoms with Gasteiger partial charge in [-0.25, -0.2) is 14.5 Å². The van der Waals surface area contributed by atoms with Crippen molar-refractivity contribution >= 4 is 17.3 Å². The number of hydrogen-bond acceptors (Lipinski definition) is 6. The van der Waals surface area contributed by atoms with Crippen LogP contribution >= 0.6 is 11.3 Å². The van der Waals surface area contributed by atoms with Gasteiger partial charge in [0.25, 0.3) is 0 Å². The molecular formula is C11H15N5O2S. The minimum atomic E-state index is -1.08. The van der Waals surface area contributed by atoms with Gasteiger partial charge in [0.1, 0.15) is 5.01 Å². The maximum absolute atomic E-state index is 11.1. The van der Waals surface area contributed by atoms with Crippen LogP contribution in [0.3, 0.4) is 0 Å². The average Bonchev–Trinajstić information content (AvgIpc) is 2.86. The first-order valence-corrected chi connectivity index (χ1v) is 6.63. The molecular weight excluding hydrogens is 266 g/mol. The van der Waals surface area contributed by atoms with Crippen LogP contribution in [0, 0.1) is 13.8 Å². The Kier molecular flexibility index (Phi) is 3.91. The predicted octanol–water partition coefficient (Wildman–Crippen LogP) is 0.599. The molecule has 8 heteroatoms. The zero-order valence-corrected chi connectivity index (χ0v) is 11.6. The van der Waals surface area contributed by atoms with E-state index in [9.17, 15) is 4.79 Å². The fourth-order valence-electron chi connectivity index (χ4n) is 1.75. The number of rotatable bonds is 5. The second-order valence-electron chi connectivity index (χ2n) is 4.14. The monoisotopic (exact) mass is 281 g/mol. The van der Waals surface area contributed by atoms with E-state index in [0.717, 1.165) is 15.6 Å². The molecule has 0 aliphatic heterocycles. The Balaban J connectivity index is 2.31. The summed E-state index contributed by atoms with van der Waals surface area (Å²) in [4.78, 5) is 16.6. The van der Waals surface area contributed by atoms with E-state index in [0.29, 0.717) is 25.2 Å². The van der Waals surface area contributed by atoms with Gasteiger partial charge in [0, 0.05) is 11.3 Å². The molecule has 0 bridgehead atoms. The molecule has 0 fully saturated rings. The molecule has 0 radical (unpaired) electrons. The third-order valence-electron chi connectivity index (χ3n) is 2.78. The number of aromatic carboxylic acids is 1. The smallest absolute Gasteiger partial charge is 0.358 e. The largest absolute Gasteiger partial charge is 0.476 e. The molecule has 0 atom stereocenters. The van der Waals surface area contributed by atoms with Gasteiger partial charge in [0.05, 0.1) is 17.9 Å².